The van der Waals surface area contributed by atoms with Gasteiger partial charge in [0.05, 0.1) is 24.5 Å². The topological polar surface area (TPSA) is 55.6 Å². The number of fused-ring (bicyclic) bond motifs is 1. The Kier molecular flexibility index (Phi) is 4.57. The molecule has 1 aliphatic carbocycles. The van der Waals surface area contributed by atoms with Gasteiger partial charge in [-0.05, 0) is 50.8 Å². The van der Waals surface area contributed by atoms with Gasteiger partial charge in [-0.3, -0.25) is 9.78 Å². The predicted molar refractivity (Wildman–Crippen MR) is 97.8 cm³/mol. The smallest absolute Gasteiger partial charge is 0.257 e. The van der Waals surface area contributed by atoms with Gasteiger partial charge < -0.3 is 14.1 Å². The number of aromatic nitrogens is 1. The Labute approximate surface area is 154 Å². The van der Waals surface area contributed by atoms with Crippen LogP contribution in [-0.2, 0) is 11.3 Å². The molecule has 2 atom stereocenters. The number of nitrogens with zero attached hydrogens (tertiary/aromatic N) is 2. The van der Waals surface area contributed by atoms with E-state index in [1.54, 1.807) is 6.20 Å². The van der Waals surface area contributed by atoms with Crippen molar-refractivity contribution in [3.63, 3.8) is 0 Å². The van der Waals surface area contributed by atoms with Crippen LogP contribution in [0.4, 0.5) is 0 Å². The van der Waals surface area contributed by atoms with E-state index in [9.17, 15) is 4.79 Å². The molecule has 0 radical (unpaired) electrons. The van der Waals surface area contributed by atoms with Crippen molar-refractivity contribution in [1.29, 1.82) is 0 Å². The van der Waals surface area contributed by atoms with E-state index in [0.717, 1.165) is 31.0 Å². The van der Waals surface area contributed by atoms with Crippen LogP contribution in [0.25, 0.3) is 0 Å². The fourth-order valence-electron chi connectivity index (χ4n) is 4.66. The van der Waals surface area contributed by atoms with E-state index in [1.807, 2.05) is 43.0 Å². The molecule has 1 amide bonds. The van der Waals surface area contributed by atoms with Gasteiger partial charge >= 0.3 is 0 Å². The number of pyridine rings is 1. The summed E-state index contributed by atoms with van der Waals surface area (Å²) in [5.74, 6) is 2.13. The third-order valence-corrected chi connectivity index (χ3v) is 5.96. The van der Waals surface area contributed by atoms with Crippen LogP contribution < -0.4 is 0 Å². The van der Waals surface area contributed by atoms with Crippen molar-refractivity contribution >= 4 is 5.91 Å². The van der Waals surface area contributed by atoms with E-state index in [0.29, 0.717) is 30.5 Å². The van der Waals surface area contributed by atoms with Gasteiger partial charge in [0.15, 0.2) is 0 Å². The number of amides is 1. The maximum Gasteiger partial charge on any atom is 0.257 e. The van der Waals surface area contributed by atoms with Gasteiger partial charge in [-0.15, -0.1) is 0 Å². The molecule has 2 aromatic rings. The first-order valence-electron chi connectivity index (χ1n) is 9.41. The summed E-state index contributed by atoms with van der Waals surface area (Å²) in [5.41, 5.74) is 1.75. The fourth-order valence-corrected chi connectivity index (χ4v) is 4.66. The zero-order valence-corrected chi connectivity index (χ0v) is 15.5. The number of likely N-dealkylation sites (tertiary alicyclic amines) is 1. The van der Waals surface area contributed by atoms with Crippen molar-refractivity contribution in [2.24, 2.45) is 11.3 Å². The minimum atomic E-state index is 0.0944. The largest absolute Gasteiger partial charge is 0.466 e. The number of carbonyl (C=O) groups is 1. The number of ether oxygens (including phenoxy) is 1. The second-order valence-electron chi connectivity index (χ2n) is 7.78. The van der Waals surface area contributed by atoms with Gasteiger partial charge in [0, 0.05) is 24.7 Å². The first kappa shape index (κ1) is 17.3. The molecule has 5 nitrogen and oxygen atoms in total. The molecule has 3 heterocycles. The third-order valence-electron chi connectivity index (χ3n) is 5.96. The van der Waals surface area contributed by atoms with Crippen molar-refractivity contribution in [2.75, 3.05) is 19.7 Å². The van der Waals surface area contributed by atoms with Gasteiger partial charge in [0.25, 0.3) is 5.91 Å². The monoisotopic (exact) mass is 354 g/mol. The van der Waals surface area contributed by atoms with E-state index in [2.05, 4.69) is 4.98 Å². The summed E-state index contributed by atoms with van der Waals surface area (Å²) in [4.78, 5) is 19.3. The van der Waals surface area contributed by atoms with Crippen LogP contribution in [0, 0.1) is 25.2 Å². The van der Waals surface area contributed by atoms with E-state index < -0.39 is 0 Å². The highest BCUT2D eigenvalue weighted by Gasteiger charge is 2.51. The van der Waals surface area contributed by atoms with E-state index in [4.69, 9.17) is 9.15 Å². The molecule has 2 fully saturated rings. The minimum Gasteiger partial charge on any atom is -0.466 e. The quantitative estimate of drug-likeness (QED) is 0.820. The molecule has 5 heteroatoms. The van der Waals surface area contributed by atoms with Crippen molar-refractivity contribution in [3.05, 3.63) is 53.2 Å². The zero-order valence-electron chi connectivity index (χ0n) is 15.5. The molecule has 0 N–H and O–H groups in total. The van der Waals surface area contributed by atoms with Crippen LogP contribution in [0.3, 0.4) is 0 Å². The summed E-state index contributed by atoms with van der Waals surface area (Å²) < 4.78 is 11.6. The second kappa shape index (κ2) is 6.88. The molecular weight excluding hydrogens is 328 g/mol. The standard InChI is InChI=1S/C21H26N2O3/c1-15-10-19(16(2)26-15)20(24)23-11-17-6-5-8-21(17,13-23)14-25-12-18-7-3-4-9-22-18/h3-4,7,9-10,17H,5-6,8,11-14H2,1-2H3/t17-,21+/m0/s1. The average molecular weight is 354 g/mol. The molecule has 2 aromatic heterocycles. The van der Waals surface area contributed by atoms with Crippen LogP contribution in [-0.4, -0.2) is 35.5 Å². The third kappa shape index (κ3) is 3.16. The Morgan fingerprint density at radius 2 is 2.31 bits per heavy atom. The average Bonchev–Trinajstić information content (AvgIpc) is 3.27. The lowest BCUT2D eigenvalue weighted by atomic mass is 9.81. The van der Waals surface area contributed by atoms with E-state index in [-0.39, 0.29) is 11.3 Å². The molecule has 4 rings (SSSR count). The molecule has 0 unspecified atom stereocenters. The Morgan fingerprint density at radius 1 is 1.42 bits per heavy atom. The van der Waals surface area contributed by atoms with Crippen molar-refractivity contribution in [2.45, 2.75) is 39.7 Å². The lowest BCUT2D eigenvalue weighted by Gasteiger charge is -2.28. The van der Waals surface area contributed by atoms with Gasteiger partial charge in [-0.1, -0.05) is 12.5 Å². The summed E-state index contributed by atoms with van der Waals surface area (Å²) in [6.07, 6.45) is 5.33. The van der Waals surface area contributed by atoms with Gasteiger partial charge in [-0.25, -0.2) is 0 Å². The van der Waals surface area contributed by atoms with Crippen LogP contribution in [0.1, 0.15) is 46.8 Å². The Morgan fingerprint density at radius 3 is 3.04 bits per heavy atom. The summed E-state index contributed by atoms with van der Waals surface area (Å²) in [7, 11) is 0. The molecule has 1 aliphatic heterocycles. The van der Waals surface area contributed by atoms with Crippen LogP contribution in [0.2, 0.25) is 0 Å². The van der Waals surface area contributed by atoms with Gasteiger partial charge in [0.2, 0.25) is 0 Å². The minimum absolute atomic E-state index is 0.0944. The Hall–Kier alpha value is -2.14. The molecule has 2 aliphatic rings. The number of rotatable bonds is 5. The van der Waals surface area contributed by atoms with E-state index >= 15 is 0 Å². The van der Waals surface area contributed by atoms with Gasteiger partial charge in [0.1, 0.15) is 11.5 Å². The summed E-state index contributed by atoms with van der Waals surface area (Å²) in [6, 6.07) is 7.73. The normalized spacial score (nSPS) is 24.8. The highest BCUT2D eigenvalue weighted by molar-refractivity contribution is 5.95. The number of carbonyl (C=O) groups excluding carboxylic acids is 1. The Bertz CT molecular complexity index is 786. The Balaban J connectivity index is 1.43. The fraction of sp³-hybridized carbons (Fsp3) is 0.524. The first-order valence-corrected chi connectivity index (χ1v) is 9.41. The summed E-state index contributed by atoms with van der Waals surface area (Å²) in [6.45, 7) is 6.58. The predicted octanol–water partition coefficient (Wildman–Crippen LogP) is 3.75. The summed E-state index contributed by atoms with van der Waals surface area (Å²) >= 11 is 0. The molecule has 26 heavy (non-hydrogen) atoms. The number of hydrogen-bond acceptors (Lipinski definition) is 4. The lowest BCUT2D eigenvalue weighted by molar-refractivity contribution is 0.0252. The highest BCUT2D eigenvalue weighted by atomic mass is 16.5. The highest BCUT2D eigenvalue weighted by Crippen LogP contribution is 2.49. The maximum atomic E-state index is 13.0. The molecule has 0 spiro atoms. The summed E-state index contributed by atoms with van der Waals surface area (Å²) in [5, 5.41) is 0. The second-order valence-corrected chi connectivity index (χ2v) is 7.78. The number of hydrogen-bond donors (Lipinski definition) is 0. The molecule has 0 aromatic carbocycles. The molecule has 1 saturated heterocycles. The lowest BCUT2D eigenvalue weighted by Crippen LogP contribution is -2.34. The first-order chi connectivity index (χ1) is 12.6. The molecule has 138 valence electrons. The zero-order chi connectivity index (χ0) is 18.1. The SMILES string of the molecule is Cc1cc(C(=O)N2C[C@@H]3CCC[C@]3(COCc3ccccn3)C2)c(C)o1. The van der Waals surface area contributed by atoms with Gasteiger partial charge in [-0.2, -0.15) is 0 Å². The molecule has 0 bridgehead atoms. The van der Waals surface area contributed by atoms with Crippen molar-refractivity contribution in [3.8, 4) is 0 Å². The molecule has 1 saturated carbocycles. The van der Waals surface area contributed by atoms with Crippen LogP contribution in [0.15, 0.2) is 34.9 Å². The maximum absolute atomic E-state index is 13.0. The van der Waals surface area contributed by atoms with E-state index in [1.165, 1.54) is 12.8 Å². The number of furan rings is 1. The van der Waals surface area contributed by atoms with Crippen molar-refractivity contribution < 1.29 is 13.9 Å². The van der Waals surface area contributed by atoms with Crippen LogP contribution in [0.5, 0.6) is 0 Å². The number of aryl methyl sites for hydroxylation is 2. The van der Waals surface area contributed by atoms with Crippen molar-refractivity contribution in [1.82, 2.24) is 9.88 Å². The van der Waals surface area contributed by atoms with Crippen LogP contribution >= 0.6 is 0 Å². The molecular formula is C21H26N2O3.